The lowest BCUT2D eigenvalue weighted by Crippen LogP contribution is -2.42. The van der Waals surface area contributed by atoms with Gasteiger partial charge in [0.1, 0.15) is 0 Å². The molecule has 0 aromatic carbocycles. The third-order valence-electron chi connectivity index (χ3n) is 4.36. The predicted octanol–water partition coefficient (Wildman–Crippen LogP) is 2.29. The third-order valence-corrected chi connectivity index (χ3v) is 4.36. The van der Waals surface area contributed by atoms with Gasteiger partial charge in [0.15, 0.2) is 5.76 Å². The summed E-state index contributed by atoms with van der Waals surface area (Å²) in [7, 11) is 0. The molecule has 2 aliphatic heterocycles. The molecule has 19 heavy (non-hydrogen) atoms. The van der Waals surface area contributed by atoms with E-state index in [0.717, 1.165) is 31.5 Å². The van der Waals surface area contributed by atoms with Gasteiger partial charge in [-0.15, -0.1) is 0 Å². The van der Waals surface area contributed by atoms with Crippen LogP contribution < -0.4 is 0 Å². The summed E-state index contributed by atoms with van der Waals surface area (Å²) in [5, 5.41) is 0. The normalized spacial score (nSPS) is 24.3. The standard InChI is InChI=1S/C15H22N2O2/c1-12-6-10-19-14(12)15(18)17-9-4-5-13(17)11-16-7-2-3-8-16/h6,10,13H,2-5,7-9,11H2,1H3. The van der Waals surface area contributed by atoms with Crippen molar-refractivity contribution in [3.63, 3.8) is 0 Å². The number of aryl methyl sites for hydroxylation is 1. The Morgan fingerprint density at radius 3 is 2.79 bits per heavy atom. The molecule has 2 saturated heterocycles. The number of hydrogen-bond donors (Lipinski definition) is 0. The lowest BCUT2D eigenvalue weighted by atomic mass is 10.2. The number of likely N-dealkylation sites (tertiary alicyclic amines) is 2. The van der Waals surface area contributed by atoms with E-state index in [2.05, 4.69) is 4.90 Å². The summed E-state index contributed by atoms with van der Waals surface area (Å²) in [6.07, 6.45) is 6.45. The quantitative estimate of drug-likeness (QED) is 0.838. The molecule has 1 atom stereocenters. The molecule has 0 aliphatic carbocycles. The van der Waals surface area contributed by atoms with Crippen LogP contribution in [0.4, 0.5) is 0 Å². The summed E-state index contributed by atoms with van der Waals surface area (Å²) < 4.78 is 5.35. The van der Waals surface area contributed by atoms with E-state index >= 15 is 0 Å². The second-order valence-electron chi connectivity index (χ2n) is 5.74. The Bertz CT molecular complexity index is 449. The minimum atomic E-state index is 0.0733. The van der Waals surface area contributed by atoms with Crippen molar-refractivity contribution in [3.8, 4) is 0 Å². The molecular weight excluding hydrogens is 240 g/mol. The minimum Gasteiger partial charge on any atom is -0.459 e. The fraction of sp³-hybridized carbons (Fsp3) is 0.667. The molecule has 1 amide bonds. The molecule has 3 heterocycles. The molecule has 0 spiro atoms. The van der Waals surface area contributed by atoms with Gasteiger partial charge in [-0.1, -0.05) is 0 Å². The SMILES string of the molecule is Cc1ccoc1C(=O)N1CCCC1CN1CCCC1. The minimum absolute atomic E-state index is 0.0733. The highest BCUT2D eigenvalue weighted by Gasteiger charge is 2.33. The molecule has 1 aromatic heterocycles. The van der Waals surface area contributed by atoms with Gasteiger partial charge in [0.25, 0.3) is 5.91 Å². The highest BCUT2D eigenvalue weighted by Crippen LogP contribution is 2.23. The van der Waals surface area contributed by atoms with Crippen molar-refractivity contribution >= 4 is 5.91 Å². The highest BCUT2D eigenvalue weighted by atomic mass is 16.3. The maximum Gasteiger partial charge on any atom is 0.290 e. The summed E-state index contributed by atoms with van der Waals surface area (Å²) >= 11 is 0. The van der Waals surface area contributed by atoms with E-state index in [-0.39, 0.29) is 5.91 Å². The van der Waals surface area contributed by atoms with Crippen LogP contribution in [0, 0.1) is 6.92 Å². The van der Waals surface area contributed by atoms with Crippen molar-refractivity contribution in [2.75, 3.05) is 26.2 Å². The maximum atomic E-state index is 12.5. The fourth-order valence-corrected chi connectivity index (χ4v) is 3.28. The largest absolute Gasteiger partial charge is 0.459 e. The average molecular weight is 262 g/mol. The van der Waals surface area contributed by atoms with Crippen molar-refractivity contribution in [2.24, 2.45) is 0 Å². The first-order valence-corrected chi connectivity index (χ1v) is 7.33. The molecule has 0 bridgehead atoms. The van der Waals surface area contributed by atoms with E-state index in [0.29, 0.717) is 11.8 Å². The van der Waals surface area contributed by atoms with E-state index in [1.54, 1.807) is 6.26 Å². The molecule has 1 aromatic rings. The number of amides is 1. The van der Waals surface area contributed by atoms with Crippen molar-refractivity contribution < 1.29 is 9.21 Å². The van der Waals surface area contributed by atoms with Gasteiger partial charge in [-0.2, -0.15) is 0 Å². The number of carbonyl (C=O) groups excluding carboxylic acids is 1. The first-order valence-electron chi connectivity index (χ1n) is 7.33. The molecule has 2 aliphatic rings. The summed E-state index contributed by atoms with van der Waals surface area (Å²) in [6.45, 7) is 6.22. The smallest absolute Gasteiger partial charge is 0.290 e. The van der Waals surface area contributed by atoms with Gasteiger partial charge < -0.3 is 14.2 Å². The molecule has 0 N–H and O–H groups in total. The van der Waals surface area contributed by atoms with Crippen LogP contribution in [0.15, 0.2) is 16.7 Å². The molecule has 0 saturated carbocycles. The first kappa shape index (κ1) is 12.7. The van der Waals surface area contributed by atoms with E-state index in [1.165, 1.54) is 25.9 Å². The van der Waals surface area contributed by atoms with Crippen LogP contribution in [0.3, 0.4) is 0 Å². The van der Waals surface area contributed by atoms with Crippen molar-refractivity contribution in [1.82, 2.24) is 9.80 Å². The van der Waals surface area contributed by atoms with Gasteiger partial charge >= 0.3 is 0 Å². The Labute approximate surface area is 114 Å². The second-order valence-corrected chi connectivity index (χ2v) is 5.74. The Morgan fingerprint density at radius 2 is 2.11 bits per heavy atom. The van der Waals surface area contributed by atoms with E-state index in [9.17, 15) is 4.79 Å². The van der Waals surface area contributed by atoms with Crippen LogP contribution in [0.1, 0.15) is 41.8 Å². The van der Waals surface area contributed by atoms with Gasteiger partial charge in [0.2, 0.25) is 0 Å². The zero-order valence-corrected chi connectivity index (χ0v) is 11.6. The zero-order valence-electron chi connectivity index (χ0n) is 11.6. The van der Waals surface area contributed by atoms with Crippen LogP contribution in [0.5, 0.6) is 0 Å². The number of carbonyl (C=O) groups is 1. The first-order chi connectivity index (χ1) is 9.25. The number of nitrogens with zero attached hydrogens (tertiary/aromatic N) is 2. The maximum absolute atomic E-state index is 12.5. The molecule has 104 valence electrons. The van der Waals surface area contributed by atoms with Crippen LogP contribution in [0.25, 0.3) is 0 Å². The Hall–Kier alpha value is -1.29. The van der Waals surface area contributed by atoms with E-state index in [1.807, 2.05) is 17.9 Å². The van der Waals surface area contributed by atoms with Crippen LogP contribution in [-0.2, 0) is 0 Å². The lowest BCUT2D eigenvalue weighted by molar-refractivity contribution is 0.0675. The van der Waals surface area contributed by atoms with E-state index < -0.39 is 0 Å². The summed E-state index contributed by atoms with van der Waals surface area (Å²) in [4.78, 5) is 17.0. The van der Waals surface area contributed by atoms with Crippen molar-refractivity contribution in [1.29, 1.82) is 0 Å². The Balaban J connectivity index is 1.68. The molecule has 1 unspecified atom stereocenters. The summed E-state index contributed by atoms with van der Waals surface area (Å²) in [6, 6.07) is 2.23. The Kier molecular flexibility index (Phi) is 3.60. The highest BCUT2D eigenvalue weighted by molar-refractivity contribution is 5.93. The topological polar surface area (TPSA) is 36.7 Å². The van der Waals surface area contributed by atoms with Crippen molar-refractivity contribution in [2.45, 2.75) is 38.6 Å². The number of rotatable bonds is 3. The van der Waals surface area contributed by atoms with Crippen LogP contribution >= 0.6 is 0 Å². The Morgan fingerprint density at radius 1 is 1.32 bits per heavy atom. The molecular formula is C15H22N2O2. The zero-order chi connectivity index (χ0) is 13.2. The lowest BCUT2D eigenvalue weighted by Gasteiger charge is -2.28. The van der Waals surface area contributed by atoms with Gasteiger partial charge in [-0.05, 0) is 51.8 Å². The van der Waals surface area contributed by atoms with Gasteiger partial charge in [-0.25, -0.2) is 0 Å². The molecule has 3 rings (SSSR count). The summed E-state index contributed by atoms with van der Waals surface area (Å²) in [5.74, 6) is 0.595. The summed E-state index contributed by atoms with van der Waals surface area (Å²) in [5.41, 5.74) is 0.942. The number of furan rings is 1. The van der Waals surface area contributed by atoms with Gasteiger partial charge in [0.05, 0.1) is 6.26 Å². The van der Waals surface area contributed by atoms with Crippen LogP contribution in [0.2, 0.25) is 0 Å². The number of hydrogen-bond acceptors (Lipinski definition) is 3. The second kappa shape index (κ2) is 5.37. The van der Waals surface area contributed by atoms with Gasteiger partial charge in [-0.3, -0.25) is 4.79 Å². The molecule has 4 heteroatoms. The van der Waals surface area contributed by atoms with Crippen molar-refractivity contribution in [3.05, 3.63) is 23.7 Å². The molecule has 4 nitrogen and oxygen atoms in total. The fourth-order valence-electron chi connectivity index (χ4n) is 3.28. The molecule has 2 fully saturated rings. The molecule has 0 radical (unpaired) electrons. The average Bonchev–Trinajstić information content (AvgIpc) is 3.10. The van der Waals surface area contributed by atoms with Crippen LogP contribution in [-0.4, -0.2) is 47.9 Å². The third kappa shape index (κ3) is 2.54. The predicted molar refractivity (Wildman–Crippen MR) is 73.2 cm³/mol. The van der Waals surface area contributed by atoms with E-state index in [4.69, 9.17) is 4.42 Å². The monoisotopic (exact) mass is 262 g/mol. The van der Waals surface area contributed by atoms with Gasteiger partial charge in [0, 0.05) is 24.7 Å².